The summed E-state index contributed by atoms with van der Waals surface area (Å²) in [5, 5.41) is 17.0. The van der Waals surface area contributed by atoms with Crippen molar-refractivity contribution >= 4 is 34.2 Å². The van der Waals surface area contributed by atoms with Crippen molar-refractivity contribution in [2.45, 2.75) is 13.5 Å². The first-order chi connectivity index (χ1) is 12.2. The van der Waals surface area contributed by atoms with Crippen LogP contribution in [0.1, 0.15) is 11.1 Å². The Kier molecular flexibility index (Phi) is 8.51. The van der Waals surface area contributed by atoms with E-state index in [9.17, 15) is 5.11 Å². The van der Waals surface area contributed by atoms with Gasteiger partial charge in [0.25, 0.3) is 0 Å². The van der Waals surface area contributed by atoms with Crippen LogP contribution in [0.15, 0.2) is 72.8 Å². The van der Waals surface area contributed by atoms with Gasteiger partial charge in [0, 0.05) is 5.30 Å². The van der Waals surface area contributed by atoms with E-state index in [-0.39, 0.29) is 0 Å². The number of phenols is 1. The van der Waals surface area contributed by atoms with Crippen LogP contribution in [0.5, 0.6) is 5.75 Å². The second-order valence-corrected chi connectivity index (χ2v) is 6.78. The minimum atomic E-state index is 0.365. The average molecular weight is 404 g/mol. The summed E-state index contributed by atoms with van der Waals surface area (Å²) in [6.07, 6.45) is 0. The van der Waals surface area contributed by atoms with Crippen LogP contribution in [-0.2, 0) is 25.9 Å². The normalized spacial score (nSPS) is 10.3. The van der Waals surface area contributed by atoms with E-state index in [2.05, 4.69) is 32.8 Å². The van der Waals surface area contributed by atoms with E-state index in [0.29, 0.717) is 20.9 Å². The summed E-state index contributed by atoms with van der Waals surface area (Å²) >= 11 is 1.47. The Labute approximate surface area is 166 Å². The van der Waals surface area contributed by atoms with E-state index in [0.717, 1.165) is 16.6 Å². The van der Waals surface area contributed by atoms with Gasteiger partial charge >= 0.3 is 28.7 Å². The van der Waals surface area contributed by atoms with E-state index in [4.69, 9.17) is 0 Å². The topological polar surface area (TPSA) is 34.3 Å². The van der Waals surface area contributed by atoms with Crippen molar-refractivity contribution in [2.24, 2.45) is 0 Å². The van der Waals surface area contributed by atoms with Crippen LogP contribution in [0, 0.1) is 6.92 Å². The summed E-state index contributed by atoms with van der Waals surface area (Å²) in [6, 6.07) is 24.1. The van der Waals surface area contributed by atoms with Crippen molar-refractivity contribution in [3.8, 4) is 5.75 Å². The second kappa shape index (κ2) is 10.6. The summed E-state index contributed by atoms with van der Waals surface area (Å²) in [7, 11) is 5.07. The molecule has 5 heteroatoms. The van der Waals surface area contributed by atoms with Crippen LogP contribution in [-0.4, -0.2) is 5.11 Å². The van der Waals surface area contributed by atoms with Crippen LogP contribution in [0.2, 0.25) is 0 Å². The molecule has 0 aliphatic carbocycles. The monoisotopic (exact) mass is 403 g/mol. The van der Waals surface area contributed by atoms with Gasteiger partial charge in [-0.05, 0) is 24.4 Å². The molecule has 0 radical (unpaired) electrons. The van der Waals surface area contributed by atoms with Gasteiger partial charge in [0.1, 0.15) is 5.75 Å². The predicted octanol–water partition coefficient (Wildman–Crippen LogP) is 5.22. The first-order valence-electron chi connectivity index (χ1n) is 7.78. The Hall–Kier alpha value is -1.31. The van der Waals surface area contributed by atoms with Crippen molar-refractivity contribution in [1.82, 2.24) is 0 Å². The summed E-state index contributed by atoms with van der Waals surface area (Å²) in [5.74, 6) is 0.365. The van der Waals surface area contributed by atoms with E-state index in [1.807, 2.05) is 55.5 Å². The van der Waals surface area contributed by atoms with Crippen LogP contribution in [0.25, 0.3) is 5.32 Å². The van der Waals surface area contributed by atoms with E-state index in [1.165, 1.54) is 30.2 Å². The van der Waals surface area contributed by atoms with Crippen molar-refractivity contribution < 1.29 is 24.5 Å². The van der Waals surface area contributed by atoms with Gasteiger partial charge < -0.3 is 10.4 Å². The fourth-order valence-corrected chi connectivity index (χ4v) is 3.69. The maximum atomic E-state index is 10.1. The summed E-state index contributed by atoms with van der Waals surface area (Å²) in [4.78, 5) is 0. The molecule has 1 unspecified atom stereocenters. The number of para-hydroxylation sites is 1. The summed E-state index contributed by atoms with van der Waals surface area (Å²) in [6.45, 7) is 2.70. The van der Waals surface area contributed by atoms with Crippen molar-refractivity contribution in [3.63, 3.8) is 0 Å². The van der Waals surface area contributed by atoms with Crippen LogP contribution in [0.4, 0.5) is 5.69 Å². The molecule has 0 bridgehead atoms. The third-order valence-electron chi connectivity index (χ3n) is 3.63. The van der Waals surface area contributed by atoms with Gasteiger partial charge in [-0.15, -0.1) is 12.2 Å². The second-order valence-electron chi connectivity index (χ2n) is 5.45. The van der Waals surface area contributed by atoms with E-state index < -0.39 is 0 Å². The number of nitrogens with zero attached hydrogens (tertiary/aromatic N) is 1. The van der Waals surface area contributed by atoms with E-state index >= 15 is 0 Å². The molecule has 1 N–H and O–H groups in total. The first kappa shape index (κ1) is 20.0. The Balaban J connectivity index is 0.00000109. The van der Waals surface area contributed by atoms with Gasteiger partial charge in [-0.25, -0.2) is 0 Å². The molecule has 0 fully saturated rings. The first-order valence-corrected chi connectivity index (χ1v) is 10.9. The van der Waals surface area contributed by atoms with E-state index in [1.54, 1.807) is 6.07 Å². The SMILES string of the molecule is Cc1ccc(O)c(Pc2ccccc2C[N-]c2ccccc2)c1.[Cl][Ti+]. The summed E-state index contributed by atoms with van der Waals surface area (Å²) < 4.78 is 0. The maximum absolute atomic E-state index is 10.1. The molecule has 0 saturated carbocycles. The number of halogens is 1. The molecule has 0 saturated heterocycles. The van der Waals surface area contributed by atoms with Gasteiger partial charge in [0.2, 0.25) is 0 Å². The Bertz CT molecular complexity index is 799. The molecule has 0 heterocycles. The van der Waals surface area contributed by atoms with Crippen LogP contribution in [0.3, 0.4) is 0 Å². The number of rotatable bonds is 5. The Morgan fingerprint density at radius 2 is 1.60 bits per heavy atom. The van der Waals surface area contributed by atoms with Crippen molar-refractivity contribution in [1.29, 1.82) is 0 Å². The fraction of sp³-hybridized carbons (Fsp3) is 0.100. The molecule has 0 aromatic heterocycles. The zero-order valence-electron chi connectivity index (χ0n) is 13.9. The molecular weight excluding hydrogens is 385 g/mol. The average Bonchev–Trinajstić information content (AvgIpc) is 2.66. The van der Waals surface area contributed by atoms with Crippen molar-refractivity contribution in [3.05, 3.63) is 89.2 Å². The molecule has 25 heavy (non-hydrogen) atoms. The molecule has 0 spiro atoms. The molecule has 3 aromatic rings. The Morgan fingerprint density at radius 3 is 2.36 bits per heavy atom. The number of hydrogen-bond acceptors (Lipinski definition) is 1. The zero-order valence-corrected chi connectivity index (χ0v) is 17.2. The standard InChI is InChI=1S/C20H19NOP.ClH.Ti/c1-15-11-12-18(22)20(13-15)23-19-10-6-5-7-16(19)14-21-17-8-3-2-4-9-17;;/h2-13,22-23H,14H2,1H3;1H;/q-1;;+2/p-1. The number of phenolic OH excluding ortho intramolecular Hbond substituents is 1. The molecule has 0 amide bonds. The minimum absolute atomic E-state index is 0.365. The molecule has 0 aliphatic heterocycles. The Morgan fingerprint density at radius 1 is 0.920 bits per heavy atom. The molecule has 1 atom stereocenters. The van der Waals surface area contributed by atoms with Gasteiger partial charge in [-0.1, -0.05) is 80.4 Å². The molecular formula is C20H19ClNOPTi. The van der Waals surface area contributed by atoms with Crippen molar-refractivity contribution in [2.75, 3.05) is 0 Å². The fourth-order valence-electron chi connectivity index (χ4n) is 2.39. The number of benzene rings is 3. The van der Waals surface area contributed by atoms with Crippen LogP contribution < -0.4 is 10.6 Å². The molecule has 0 aliphatic rings. The van der Waals surface area contributed by atoms with Crippen LogP contribution >= 0.6 is 17.9 Å². The predicted molar refractivity (Wildman–Crippen MR) is 106 cm³/mol. The van der Waals surface area contributed by atoms with Gasteiger partial charge in [-0.2, -0.15) is 0 Å². The van der Waals surface area contributed by atoms with Gasteiger partial charge in [0.05, 0.1) is 0 Å². The van der Waals surface area contributed by atoms with Gasteiger partial charge in [-0.3, -0.25) is 0 Å². The third-order valence-corrected chi connectivity index (χ3v) is 5.05. The number of hydrogen-bond donors (Lipinski definition) is 1. The molecule has 3 rings (SSSR count). The number of aromatic hydroxyl groups is 1. The molecule has 3 aromatic carbocycles. The quantitative estimate of drug-likeness (QED) is 0.460. The molecule has 126 valence electrons. The zero-order chi connectivity index (χ0) is 18.1. The molecule has 2 nitrogen and oxygen atoms in total. The van der Waals surface area contributed by atoms with Gasteiger partial charge in [0.15, 0.2) is 0 Å². The summed E-state index contributed by atoms with van der Waals surface area (Å²) in [5.41, 5.74) is 3.36. The number of aryl methyl sites for hydroxylation is 1. The third kappa shape index (κ3) is 6.17.